The van der Waals surface area contributed by atoms with Gasteiger partial charge in [-0.3, -0.25) is 4.79 Å². The minimum absolute atomic E-state index is 0.112. The van der Waals surface area contributed by atoms with E-state index in [4.69, 9.17) is 0 Å². The Kier molecular flexibility index (Phi) is 5.20. The third-order valence-corrected chi connectivity index (χ3v) is 4.57. The summed E-state index contributed by atoms with van der Waals surface area (Å²) in [6.45, 7) is 8.29. The van der Waals surface area contributed by atoms with E-state index in [1.165, 1.54) is 0 Å². The van der Waals surface area contributed by atoms with Gasteiger partial charge in [-0.2, -0.15) is 0 Å². The monoisotopic (exact) mass is 256 g/mol. The van der Waals surface area contributed by atoms with E-state index in [0.29, 0.717) is 24.7 Å². The molecule has 0 aliphatic heterocycles. The molecule has 2 N–H and O–H groups in total. The summed E-state index contributed by atoms with van der Waals surface area (Å²) in [7, 11) is 0. The van der Waals surface area contributed by atoms with Gasteiger partial charge >= 0.3 is 5.97 Å². The zero-order chi connectivity index (χ0) is 13.9. The third-order valence-electron chi connectivity index (χ3n) is 4.57. The van der Waals surface area contributed by atoms with Crippen LogP contribution in [0.2, 0.25) is 0 Å². The van der Waals surface area contributed by atoms with E-state index in [0.717, 1.165) is 19.3 Å². The van der Waals surface area contributed by atoms with Crippen molar-refractivity contribution in [2.24, 2.45) is 23.7 Å². The first-order valence-electron chi connectivity index (χ1n) is 7.28. The lowest BCUT2D eigenvalue weighted by atomic mass is 9.61. The Morgan fingerprint density at radius 1 is 1.39 bits per heavy atom. The van der Waals surface area contributed by atoms with Crippen LogP contribution in [0.25, 0.3) is 0 Å². The van der Waals surface area contributed by atoms with Crippen LogP contribution < -0.4 is 0 Å². The van der Waals surface area contributed by atoms with Gasteiger partial charge in [0.05, 0.1) is 11.5 Å². The lowest BCUT2D eigenvalue weighted by molar-refractivity contribution is -0.168. The number of hydrogen-bond donors (Lipinski definition) is 2. The molecule has 0 aromatic carbocycles. The standard InChI is InChI=1S/C15H28O3/c1-5-6-13(14(16)17)15(18)9-11(4)7-8-12(15)10(2)3/h10-13,18H,5-9H2,1-4H3,(H,16,17). The fourth-order valence-electron chi connectivity index (χ4n) is 3.71. The predicted molar refractivity (Wildman–Crippen MR) is 72.3 cm³/mol. The van der Waals surface area contributed by atoms with Gasteiger partial charge in [-0.1, -0.05) is 40.5 Å². The van der Waals surface area contributed by atoms with E-state index in [1.54, 1.807) is 0 Å². The number of aliphatic carboxylic acids is 1. The Morgan fingerprint density at radius 2 is 2.00 bits per heavy atom. The van der Waals surface area contributed by atoms with Crippen LogP contribution in [0.5, 0.6) is 0 Å². The van der Waals surface area contributed by atoms with Crippen molar-refractivity contribution in [2.45, 2.75) is 65.4 Å². The molecular formula is C15H28O3. The molecule has 4 atom stereocenters. The molecule has 18 heavy (non-hydrogen) atoms. The van der Waals surface area contributed by atoms with E-state index in [-0.39, 0.29) is 5.92 Å². The molecule has 1 saturated carbocycles. The van der Waals surface area contributed by atoms with Crippen molar-refractivity contribution in [1.82, 2.24) is 0 Å². The van der Waals surface area contributed by atoms with E-state index in [2.05, 4.69) is 20.8 Å². The molecule has 0 aromatic rings. The van der Waals surface area contributed by atoms with Crippen LogP contribution in [0.4, 0.5) is 0 Å². The van der Waals surface area contributed by atoms with Crippen LogP contribution in [0.15, 0.2) is 0 Å². The maximum atomic E-state index is 11.5. The largest absolute Gasteiger partial charge is 0.481 e. The Labute approximate surface area is 111 Å². The summed E-state index contributed by atoms with van der Waals surface area (Å²) in [5, 5.41) is 20.5. The molecule has 1 rings (SSSR count). The van der Waals surface area contributed by atoms with Gasteiger partial charge in [0, 0.05) is 0 Å². The average molecular weight is 256 g/mol. The molecule has 3 heteroatoms. The zero-order valence-corrected chi connectivity index (χ0v) is 12.1. The van der Waals surface area contributed by atoms with Crippen molar-refractivity contribution in [2.75, 3.05) is 0 Å². The van der Waals surface area contributed by atoms with E-state index >= 15 is 0 Å². The smallest absolute Gasteiger partial charge is 0.309 e. The second-order valence-electron chi connectivity index (χ2n) is 6.41. The topological polar surface area (TPSA) is 57.5 Å². The highest BCUT2D eigenvalue weighted by molar-refractivity contribution is 5.71. The van der Waals surface area contributed by atoms with Gasteiger partial charge in [-0.25, -0.2) is 0 Å². The first kappa shape index (κ1) is 15.5. The van der Waals surface area contributed by atoms with Crippen LogP contribution in [-0.2, 0) is 4.79 Å². The number of carboxylic acids is 1. The summed E-state index contributed by atoms with van der Waals surface area (Å²) < 4.78 is 0. The molecule has 1 aliphatic carbocycles. The Morgan fingerprint density at radius 3 is 2.44 bits per heavy atom. The maximum Gasteiger partial charge on any atom is 0.309 e. The molecule has 4 unspecified atom stereocenters. The van der Waals surface area contributed by atoms with Gasteiger partial charge in [-0.15, -0.1) is 0 Å². The third kappa shape index (κ3) is 3.05. The molecule has 0 amide bonds. The normalized spacial score (nSPS) is 34.6. The first-order chi connectivity index (χ1) is 8.32. The summed E-state index contributed by atoms with van der Waals surface area (Å²) in [5.74, 6) is -0.581. The van der Waals surface area contributed by atoms with Crippen LogP contribution in [0.3, 0.4) is 0 Å². The fraction of sp³-hybridized carbons (Fsp3) is 0.933. The van der Waals surface area contributed by atoms with Gasteiger partial charge < -0.3 is 10.2 Å². The molecule has 0 spiro atoms. The number of carboxylic acid groups (broad SMARTS) is 1. The first-order valence-corrected chi connectivity index (χ1v) is 7.28. The predicted octanol–water partition coefficient (Wildman–Crippen LogP) is 3.31. The lowest BCUT2D eigenvalue weighted by Gasteiger charge is -2.47. The van der Waals surface area contributed by atoms with Crippen molar-refractivity contribution < 1.29 is 15.0 Å². The van der Waals surface area contributed by atoms with Crippen molar-refractivity contribution in [1.29, 1.82) is 0 Å². The van der Waals surface area contributed by atoms with E-state index in [9.17, 15) is 15.0 Å². The molecule has 0 saturated heterocycles. The molecule has 106 valence electrons. The minimum Gasteiger partial charge on any atom is -0.481 e. The molecule has 0 aromatic heterocycles. The van der Waals surface area contributed by atoms with Gasteiger partial charge in [0.2, 0.25) is 0 Å². The zero-order valence-electron chi connectivity index (χ0n) is 12.1. The Balaban J connectivity index is 3.03. The lowest BCUT2D eigenvalue weighted by Crippen LogP contribution is -2.53. The summed E-state index contributed by atoms with van der Waals surface area (Å²) in [5.41, 5.74) is -1.02. The molecular weight excluding hydrogens is 228 g/mol. The quantitative estimate of drug-likeness (QED) is 0.793. The summed E-state index contributed by atoms with van der Waals surface area (Å²) >= 11 is 0. The molecule has 0 heterocycles. The van der Waals surface area contributed by atoms with Crippen LogP contribution in [-0.4, -0.2) is 21.8 Å². The minimum atomic E-state index is -1.02. The van der Waals surface area contributed by atoms with Crippen molar-refractivity contribution >= 4 is 5.97 Å². The van der Waals surface area contributed by atoms with Crippen molar-refractivity contribution in [3.8, 4) is 0 Å². The van der Waals surface area contributed by atoms with Gasteiger partial charge in [0.15, 0.2) is 0 Å². The second kappa shape index (κ2) is 6.05. The van der Waals surface area contributed by atoms with Gasteiger partial charge in [-0.05, 0) is 37.0 Å². The van der Waals surface area contributed by atoms with Gasteiger partial charge in [0.1, 0.15) is 0 Å². The average Bonchev–Trinajstić information content (AvgIpc) is 2.24. The SMILES string of the molecule is CCCC(C(=O)O)C1(O)CC(C)CCC1C(C)C. The molecule has 1 aliphatic rings. The van der Waals surface area contributed by atoms with E-state index < -0.39 is 17.5 Å². The van der Waals surface area contributed by atoms with Crippen molar-refractivity contribution in [3.05, 3.63) is 0 Å². The molecule has 1 fully saturated rings. The summed E-state index contributed by atoms with van der Waals surface area (Å²) in [6.07, 6.45) is 4.06. The highest BCUT2D eigenvalue weighted by Gasteiger charge is 2.50. The number of carbonyl (C=O) groups is 1. The Hall–Kier alpha value is -0.570. The second-order valence-corrected chi connectivity index (χ2v) is 6.41. The van der Waals surface area contributed by atoms with Gasteiger partial charge in [0.25, 0.3) is 0 Å². The summed E-state index contributed by atoms with van der Waals surface area (Å²) in [4.78, 5) is 11.5. The van der Waals surface area contributed by atoms with Crippen molar-refractivity contribution in [3.63, 3.8) is 0 Å². The Bertz CT molecular complexity index is 287. The van der Waals surface area contributed by atoms with Crippen LogP contribution in [0, 0.1) is 23.7 Å². The fourth-order valence-corrected chi connectivity index (χ4v) is 3.71. The van der Waals surface area contributed by atoms with E-state index in [1.807, 2.05) is 6.92 Å². The van der Waals surface area contributed by atoms with Crippen LogP contribution >= 0.6 is 0 Å². The summed E-state index contributed by atoms with van der Waals surface area (Å²) in [6, 6.07) is 0. The molecule has 0 radical (unpaired) electrons. The number of rotatable bonds is 5. The molecule has 3 nitrogen and oxygen atoms in total. The molecule has 0 bridgehead atoms. The number of hydrogen-bond acceptors (Lipinski definition) is 2. The highest BCUT2D eigenvalue weighted by Crippen LogP contribution is 2.46. The van der Waals surface area contributed by atoms with Crippen LogP contribution in [0.1, 0.15) is 59.8 Å². The maximum absolute atomic E-state index is 11.5. The highest BCUT2D eigenvalue weighted by atomic mass is 16.4. The number of aliphatic hydroxyl groups is 1.